The van der Waals surface area contributed by atoms with Crippen molar-refractivity contribution >= 4 is 0 Å². The number of alkyl halides is 2. The van der Waals surface area contributed by atoms with Crippen LogP contribution in [0.3, 0.4) is 0 Å². The molecule has 1 atom stereocenters. The van der Waals surface area contributed by atoms with Crippen molar-refractivity contribution in [3.8, 4) is 5.88 Å². The standard InChI is InChI=1S/C9H12F2N2O/c1-14-9-6(3-2-4-13-9)5-7(12)8(10)11/h2-4,7-8H,5,12H2,1H3. The smallest absolute Gasteiger partial charge is 0.253 e. The van der Waals surface area contributed by atoms with Crippen LogP contribution in [0.25, 0.3) is 0 Å². The highest BCUT2D eigenvalue weighted by Crippen LogP contribution is 2.16. The highest BCUT2D eigenvalue weighted by atomic mass is 19.3. The lowest BCUT2D eigenvalue weighted by molar-refractivity contribution is 0.115. The van der Waals surface area contributed by atoms with Crippen LogP contribution >= 0.6 is 0 Å². The third-order valence-electron chi connectivity index (χ3n) is 1.82. The highest BCUT2D eigenvalue weighted by Gasteiger charge is 2.17. The highest BCUT2D eigenvalue weighted by molar-refractivity contribution is 5.26. The summed E-state index contributed by atoms with van der Waals surface area (Å²) in [5.41, 5.74) is 5.84. The van der Waals surface area contributed by atoms with Crippen LogP contribution in [0.15, 0.2) is 18.3 Å². The van der Waals surface area contributed by atoms with E-state index >= 15 is 0 Å². The molecule has 0 aliphatic rings. The fourth-order valence-corrected chi connectivity index (χ4v) is 1.11. The largest absolute Gasteiger partial charge is 0.481 e. The molecule has 0 saturated carbocycles. The van der Waals surface area contributed by atoms with Gasteiger partial charge in [-0.3, -0.25) is 0 Å². The van der Waals surface area contributed by atoms with E-state index < -0.39 is 12.5 Å². The van der Waals surface area contributed by atoms with Crippen LogP contribution < -0.4 is 10.5 Å². The summed E-state index contributed by atoms with van der Waals surface area (Å²) in [7, 11) is 1.44. The first-order valence-corrected chi connectivity index (χ1v) is 4.16. The second kappa shape index (κ2) is 4.85. The van der Waals surface area contributed by atoms with E-state index in [1.807, 2.05) is 0 Å². The molecule has 0 bridgehead atoms. The zero-order chi connectivity index (χ0) is 10.6. The van der Waals surface area contributed by atoms with Crippen LogP contribution in [0.2, 0.25) is 0 Å². The van der Waals surface area contributed by atoms with E-state index in [-0.39, 0.29) is 6.42 Å². The Morgan fingerprint density at radius 2 is 2.29 bits per heavy atom. The van der Waals surface area contributed by atoms with Gasteiger partial charge in [-0.25, -0.2) is 13.8 Å². The summed E-state index contributed by atoms with van der Waals surface area (Å²) in [5, 5.41) is 0. The van der Waals surface area contributed by atoms with Gasteiger partial charge in [-0.05, 0) is 12.5 Å². The van der Waals surface area contributed by atoms with Crippen molar-refractivity contribution in [2.24, 2.45) is 5.73 Å². The molecule has 0 amide bonds. The van der Waals surface area contributed by atoms with Crippen LogP contribution in [-0.4, -0.2) is 24.6 Å². The summed E-state index contributed by atoms with van der Waals surface area (Å²) in [6.07, 6.45) is -0.926. The van der Waals surface area contributed by atoms with Gasteiger partial charge in [0, 0.05) is 11.8 Å². The lowest BCUT2D eigenvalue weighted by atomic mass is 10.1. The quantitative estimate of drug-likeness (QED) is 0.798. The molecule has 78 valence electrons. The Kier molecular flexibility index (Phi) is 3.76. The Bertz CT molecular complexity index is 294. The van der Waals surface area contributed by atoms with Gasteiger partial charge in [-0.2, -0.15) is 0 Å². The summed E-state index contributed by atoms with van der Waals surface area (Å²) in [4.78, 5) is 3.89. The van der Waals surface area contributed by atoms with Gasteiger partial charge < -0.3 is 10.5 Å². The van der Waals surface area contributed by atoms with Crippen molar-refractivity contribution in [3.05, 3.63) is 23.9 Å². The van der Waals surface area contributed by atoms with Gasteiger partial charge in [-0.1, -0.05) is 6.07 Å². The van der Waals surface area contributed by atoms with Crippen molar-refractivity contribution in [2.45, 2.75) is 18.9 Å². The van der Waals surface area contributed by atoms with Crippen LogP contribution in [-0.2, 0) is 6.42 Å². The van der Waals surface area contributed by atoms with Gasteiger partial charge >= 0.3 is 0 Å². The number of hydrogen-bond donors (Lipinski definition) is 1. The first-order chi connectivity index (χ1) is 6.65. The zero-order valence-corrected chi connectivity index (χ0v) is 7.78. The number of halogens is 2. The molecule has 0 fully saturated rings. The maximum atomic E-state index is 12.2. The Balaban J connectivity index is 2.75. The lowest BCUT2D eigenvalue weighted by Gasteiger charge is -2.11. The fourth-order valence-electron chi connectivity index (χ4n) is 1.11. The van der Waals surface area contributed by atoms with Gasteiger partial charge in [0.25, 0.3) is 6.43 Å². The minimum absolute atomic E-state index is 0.0642. The maximum Gasteiger partial charge on any atom is 0.253 e. The van der Waals surface area contributed by atoms with Crippen LogP contribution in [0.1, 0.15) is 5.56 Å². The van der Waals surface area contributed by atoms with E-state index in [4.69, 9.17) is 10.5 Å². The molecular weight excluding hydrogens is 190 g/mol. The normalized spacial score (nSPS) is 12.9. The summed E-state index contributed by atoms with van der Waals surface area (Å²) in [5.74, 6) is 0.351. The van der Waals surface area contributed by atoms with E-state index in [2.05, 4.69) is 4.98 Å². The topological polar surface area (TPSA) is 48.1 Å². The predicted octanol–water partition coefficient (Wildman–Crippen LogP) is 1.23. The van der Waals surface area contributed by atoms with Gasteiger partial charge in [-0.15, -0.1) is 0 Å². The molecule has 1 aromatic rings. The minimum Gasteiger partial charge on any atom is -0.481 e. The zero-order valence-electron chi connectivity index (χ0n) is 7.78. The number of ether oxygens (including phenoxy) is 1. The average Bonchev–Trinajstić information content (AvgIpc) is 2.18. The van der Waals surface area contributed by atoms with Crippen molar-refractivity contribution in [1.82, 2.24) is 4.98 Å². The molecule has 0 saturated heterocycles. The van der Waals surface area contributed by atoms with E-state index in [1.54, 1.807) is 12.1 Å². The molecule has 0 aliphatic carbocycles. The Morgan fingerprint density at radius 3 is 2.86 bits per heavy atom. The molecule has 2 N–H and O–H groups in total. The van der Waals surface area contributed by atoms with Crippen LogP contribution in [0, 0.1) is 0 Å². The molecule has 0 spiro atoms. The van der Waals surface area contributed by atoms with Gasteiger partial charge in [0.05, 0.1) is 13.2 Å². The summed E-state index contributed by atoms with van der Waals surface area (Å²) in [6, 6.07) is 2.16. The lowest BCUT2D eigenvalue weighted by Crippen LogP contribution is -2.31. The van der Waals surface area contributed by atoms with Crippen molar-refractivity contribution in [2.75, 3.05) is 7.11 Å². The molecule has 1 unspecified atom stereocenters. The molecule has 1 aromatic heterocycles. The molecule has 1 heterocycles. The van der Waals surface area contributed by atoms with Gasteiger partial charge in [0.2, 0.25) is 5.88 Å². The van der Waals surface area contributed by atoms with E-state index in [0.717, 1.165) is 0 Å². The second-order valence-electron chi connectivity index (χ2n) is 2.87. The predicted molar refractivity (Wildman–Crippen MR) is 48.5 cm³/mol. The Morgan fingerprint density at radius 1 is 1.57 bits per heavy atom. The number of hydrogen-bond acceptors (Lipinski definition) is 3. The average molecular weight is 202 g/mol. The third-order valence-corrected chi connectivity index (χ3v) is 1.82. The summed E-state index contributed by atoms with van der Waals surface area (Å²) < 4.78 is 29.2. The molecule has 14 heavy (non-hydrogen) atoms. The Labute approximate surface area is 80.9 Å². The molecule has 5 heteroatoms. The molecule has 1 rings (SSSR count). The number of rotatable bonds is 4. The van der Waals surface area contributed by atoms with Crippen LogP contribution in [0.4, 0.5) is 8.78 Å². The number of nitrogens with two attached hydrogens (primary N) is 1. The van der Waals surface area contributed by atoms with Crippen molar-refractivity contribution in [3.63, 3.8) is 0 Å². The third kappa shape index (κ3) is 2.63. The molecule has 0 aliphatic heterocycles. The second-order valence-corrected chi connectivity index (χ2v) is 2.87. The maximum absolute atomic E-state index is 12.2. The first-order valence-electron chi connectivity index (χ1n) is 4.16. The summed E-state index contributed by atoms with van der Waals surface area (Å²) in [6.45, 7) is 0. The molecule has 0 aromatic carbocycles. The Hall–Kier alpha value is -1.23. The fraction of sp³-hybridized carbons (Fsp3) is 0.444. The number of pyridine rings is 1. The first kappa shape index (κ1) is 10.8. The number of methoxy groups -OCH3 is 1. The SMILES string of the molecule is COc1ncccc1CC(N)C(F)F. The molecule has 3 nitrogen and oxygen atoms in total. The molecular formula is C9H12F2N2O. The van der Waals surface area contributed by atoms with E-state index in [1.165, 1.54) is 13.3 Å². The summed E-state index contributed by atoms with van der Waals surface area (Å²) >= 11 is 0. The van der Waals surface area contributed by atoms with E-state index in [9.17, 15) is 8.78 Å². The van der Waals surface area contributed by atoms with Gasteiger partial charge in [0.15, 0.2) is 0 Å². The minimum atomic E-state index is -2.53. The monoisotopic (exact) mass is 202 g/mol. The van der Waals surface area contributed by atoms with Gasteiger partial charge in [0.1, 0.15) is 0 Å². The van der Waals surface area contributed by atoms with Crippen LogP contribution in [0.5, 0.6) is 5.88 Å². The van der Waals surface area contributed by atoms with Crippen molar-refractivity contribution < 1.29 is 13.5 Å². The number of aromatic nitrogens is 1. The molecule has 0 radical (unpaired) electrons. The number of nitrogens with zero attached hydrogens (tertiary/aromatic N) is 1. The van der Waals surface area contributed by atoms with E-state index in [0.29, 0.717) is 11.4 Å². The van der Waals surface area contributed by atoms with Crippen molar-refractivity contribution in [1.29, 1.82) is 0 Å².